The van der Waals surface area contributed by atoms with Crippen molar-refractivity contribution in [2.75, 3.05) is 40.4 Å². The molecule has 1 aromatic rings. The predicted octanol–water partition coefficient (Wildman–Crippen LogP) is 2.53. The van der Waals surface area contributed by atoms with Crippen LogP contribution in [0.4, 0.5) is 0 Å². The number of hydrogen-bond acceptors (Lipinski definition) is 4. The molecule has 0 amide bonds. The lowest BCUT2D eigenvalue weighted by Gasteiger charge is -2.18. The average Bonchev–Trinajstić information content (AvgIpc) is 2.50. The summed E-state index contributed by atoms with van der Waals surface area (Å²) in [5.74, 6) is 1.70. The second-order valence-corrected chi connectivity index (χ2v) is 4.73. The summed E-state index contributed by atoms with van der Waals surface area (Å²) in [7, 11) is 3.36. The molecule has 1 rings (SSSR count). The third-order valence-electron chi connectivity index (χ3n) is 3.53. The van der Waals surface area contributed by atoms with E-state index in [1.54, 1.807) is 14.2 Å². The van der Waals surface area contributed by atoms with E-state index in [2.05, 4.69) is 30.1 Å². The minimum atomic E-state index is 0.825. The van der Waals surface area contributed by atoms with Crippen LogP contribution < -0.4 is 14.8 Å². The molecule has 0 aliphatic rings. The van der Waals surface area contributed by atoms with Crippen molar-refractivity contribution in [3.8, 4) is 11.5 Å². The first-order valence-electron chi connectivity index (χ1n) is 7.39. The highest BCUT2D eigenvalue weighted by Crippen LogP contribution is 2.24. The maximum absolute atomic E-state index is 5.39. The molecular weight excluding hydrogens is 252 g/mol. The molecule has 4 nitrogen and oxygen atoms in total. The van der Waals surface area contributed by atoms with E-state index in [0.717, 1.165) is 49.8 Å². The number of rotatable bonds is 10. The average molecular weight is 280 g/mol. The lowest BCUT2D eigenvalue weighted by atomic mass is 10.2. The number of hydrogen-bond donors (Lipinski definition) is 1. The molecule has 0 aliphatic carbocycles. The molecule has 1 aromatic carbocycles. The first kappa shape index (κ1) is 16.8. The summed E-state index contributed by atoms with van der Waals surface area (Å²) >= 11 is 0. The Morgan fingerprint density at radius 3 is 2.45 bits per heavy atom. The van der Waals surface area contributed by atoms with E-state index in [1.165, 1.54) is 6.42 Å². The Morgan fingerprint density at radius 1 is 1.10 bits per heavy atom. The van der Waals surface area contributed by atoms with Gasteiger partial charge in [0.25, 0.3) is 0 Å². The van der Waals surface area contributed by atoms with E-state index in [4.69, 9.17) is 9.47 Å². The molecule has 0 radical (unpaired) electrons. The van der Waals surface area contributed by atoms with Crippen LogP contribution in [-0.4, -0.2) is 45.3 Å². The zero-order valence-electron chi connectivity index (χ0n) is 13.2. The highest BCUT2D eigenvalue weighted by atomic mass is 16.5. The summed E-state index contributed by atoms with van der Waals surface area (Å²) in [6.45, 7) is 9.67. The van der Waals surface area contributed by atoms with Gasteiger partial charge in [-0.2, -0.15) is 0 Å². The molecule has 1 N–H and O–H groups in total. The summed E-state index contributed by atoms with van der Waals surface area (Å²) in [5.41, 5.74) is 1.16. The molecule has 0 aromatic heterocycles. The third-order valence-corrected chi connectivity index (χ3v) is 3.53. The standard InChI is InChI=1S/C16H28N2O2/c1-5-18(6-2)11-7-10-17-13-14-8-9-15(19-3)12-16(14)20-4/h8-9,12,17H,5-7,10-11,13H2,1-4H3. The SMILES string of the molecule is CCN(CC)CCCNCc1ccc(OC)cc1OC. The summed E-state index contributed by atoms with van der Waals surface area (Å²) in [6, 6.07) is 5.94. The van der Waals surface area contributed by atoms with Gasteiger partial charge in [-0.05, 0) is 38.7 Å². The molecule has 0 atom stereocenters. The second kappa shape index (κ2) is 9.61. The maximum Gasteiger partial charge on any atom is 0.127 e. The highest BCUT2D eigenvalue weighted by Gasteiger charge is 2.04. The van der Waals surface area contributed by atoms with Gasteiger partial charge < -0.3 is 19.7 Å². The molecule has 0 aliphatic heterocycles. The predicted molar refractivity (Wildman–Crippen MR) is 83.7 cm³/mol. The third kappa shape index (κ3) is 5.39. The van der Waals surface area contributed by atoms with Crippen LogP contribution in [0.25, 0.3) is 0 Å². The zero-order valence-corrected chi connectivity index (χ0v) is 13.2. The molecule has 114 valence electrons. The Labute approximate surface area is 123 Å². The molecule has 0 fully saturated rings. The second-order valence-electron chi connectivity index (χ2n) is 4.73. The number of nitrogens with zero attached hydrogens (tertiary/aromatic N) is 1. The highest BCUT2D eigenvalue weighted by molar-refractivity contribution is 5.40. The molecule has 0 bridgehead atoms. The van der Waals surface area contributed by atoms with Gasteiger partial charge in [0.1, 0.15) is 11.5 Å². The topological polar surface area (TPSA) is 33.7 Å². The number of methoxy groups -OCH3 is 2. The van der Waals surface area contributed by atoms with Crippen LogP contribution in [0.1, 0.15) is 25.8 Å². The van der Waals surface area contributed by atoms with Crippen molar-refractivity contribution in [2.24, 2.45) is 0 Å². The maximum atomic E-state index is 5.39. The fourth-order valence-corrected chi connectivity index (χ4v) is 2.19. The van der Waals surface area contributed by atoms with E-state index in [0.29, 0.717) is 0 Å². The van der Waals surface area contributed by atoms with Crippen molar-refractivity contribution in [1.82, 2.24) is 10.2 Å². The summed E-state index contributed by atoms with van der Waals surface area (Å²) < 4.78 is 10.6. The molecule has 4 heteroatoms. The molecule has 0 heterocycles. The first-order valence-corrected chi connectivity index (χ1v) is 7.39. The molecule has 0 saturated heterocycles. The van der Waals surface area contributed by atoms with Crippen molar-refractivity contribution in [2.45, 2.75) is 26.8 Å². The Balaban J connectivity index is 2.34. The Morgan fingerprint density at radius 2 is 1.85 bits per heavy atom. The monoisotopic (exact) mass is 280 g/mol. The van der Waals surface area contributed by atoms with Gasteiger partial charge in [0.2, 0.25) is 0 Å². The van der Waals surface area contributed by atoms with E-state index in [1.807, 2.05) is 12.1 Å². The zero-order chi connectivity index (χ0) is 14.8. The van der Waals surface area contributed by atoms with Crippen molar-refractivity contribution in [3.05, 3.63) is 23.8 Å². The number of ether oxygens (including phenoxy) is 2. The lowest BCUT2D eigenvalue weighted by Crippen LogP contribution is -2.27. The van der Waals surface area contributed by atoms with Gasteiger partial charge in [-0.1, -0.05) is 19.9 Å². The molecular formula is C16H28N2O2. The molecule has 0 unspecified atom stereocenters. The number of nitrogens with one attached hydrogen (secondary N) is 1. The lowest BCUT2D eigenvalue weighted by molar-refractivity contribution is 0.298. The van der Waals surface area contributed by atoms with Crippen LogP contribution in [0.15, 0.2) is 18.2 Å². The van der Waals surface area contributed by atoms with Crippen LogP contribution in [0.2, 0.25) is 0 Å². The van der Waals surface area contributed by atoms with Crippen LogP contribution >= 0.6 is 0 Å². The van der Waals surface area contributed by atoms with Crippen molar-refractivity contribution in [3.63, 3.8) is 0 Å². The molecule has 0 spiro atoms. The van der Waals surface area contributed by atoms with E-state index >= 15 is 0 Å². The fraction of sp³-hybridized carbons (Fsp3) is 0.625. The van der Waals surface area contributed by atoms with Crippen molar-refractivity contribution >= 4 is 0 Å². The number of benzene rings is 1. The summed E-state index contributed by atoms with van der Waals surface area (Å²) in [4.78, 5) is 2.44. The van der Waals surface area contributed by atoms with Crippen molar-refractivity contribution < 1.29 is 9.47 Å². The van der Waals surface area contributed by atoms with Gasteiger partial charge in [0.15, 0.2) is 0 Å². The van der Waals surface area contributed by atoms with Crippen molar-refractivity contribution in [1.29, 1.82) is 0 Å². The normalized spacial score (nSPS) is 10.8. The van der Waals surface area contributed by atoms with Crippen LogP contribution in [-0.2, 0) is 6.54 Å². The Kier molecular flexibility index (Phi) is 8.07. The molecule has 20 heavy (non-hydrogen) atoms. The van der Waals surface area contributed by atoms with Crippen LogP contribution in [0.5, 0.6) is 11.5 Å². The van der Waals surface area contributed by atoms with E-state index in [-0.39, 0.29) is 0 Å². The Hall–Kier alpha value is -1.26. The smallest absolute Gasteiger partial charge is 0.127 e. The summed E-state index contributed by atoms with van der Waals surface area (Å²) in [6.07, 6.45) is 1.17. The van der Waals surface area contributed by atoms with Crippen LogP contribution in [0, 0.1) is 0 Å². The van der Waals surface area contributed by atoms with Gasteiger partial charge >= 0.3 is 0 Å². The quantitative estimate of drug-likeness (QED) is 0.668. The first-order chi connectivity index (χ1) is 9.74. The summed E-state index contributed by atoms with van der Waals surface area (Å²) in [5, 5.41) is 3.47. The largest absolute Gasteiger partial charge is 0.497 e. The van der Waals surface area contributed by atoms with Gasteiger partial charge in [0, 0.05) is 18.2 Å². The van der Waals surface area contributed by atoms with Gasteiger partial charge in [-0.15, -0.1) is 0 Å². The minimum Gasteiger partial charge on any atom is -0.497 e. The van der Waals surface area contributed by atoms with E-state index < -0.39 is 0 Å². The molecule has 0 saturated carbocycles. The van der Waals surface area contributed by atoms with E-state index in [9.17, 15) is 0 Å². The van der Waals surface area contributed by atoms with Gasteiger partial charge in [0.05, 0.1) is 14.2 Å². The van der Waals surface area contributed by atoms with Gasteiger partial charge in [-0.3, -0.25) is 0 Å². The fourth-order valence-electron chi connectivity index (χ4n) is 2.19. The van der Waals surface area contributed by atoms with Gasteiger partial charge in [-0.25, -0.2) is 0 Å². The van der Waals surface area contributed by atoms with Crippen LogP contribution in [0.3, 0.4) is 0 Å². The Bertz CT molecular complexity index is 379. The minimum absolute atomic E-state index is 0.825.